The fourth-order valence-corrected chi connectivity index (χ4v) is 3.92. The predicted octanol–water partition coefficient (Wildman–Crippen LogP) is 3.28. The van der Waals surface area contributed by atoms with Gasteiger partial charge in [-0.3, -0.25) is 4.98 Å². The highest BCUT2D eigenvalue weighted by molar-refractivity contribution is 9.10. The lowest BCUT2D eigenvalue weighted by Gasteiger charge is -2.22. The van der Waals surface area contributed by atoms with Crippen molar-refractivity contribution in [2.45, 2.75) is 12.0 Å². The third-order valence-electron chi connectivity index (χ3n) is 3.40. The zero-order valence-electron chi connectivity index (χ0n) is 10.4. The van der Waals surface area contributed by atoms with E-state index >= 15 is 0 Å². The summed E-state index contributed by atoms with van der Waals surface area (Å²) in [5, 5.41) is 14.8. The molecule has 100 valence electrons. The lowest BCUT2D eigenvalue weighted by atomic mass is 10.0. The quantitative estimate of drug-likeness (QED) is 0.901. The van der Waals surface area contributed by atoms with E-state index in [0.717, 1.165) is 39.0 Å². The number of thioether (sulfide) groups is 1. The highest BCUT2D eigenvalue weighted by Gasteiger charge is 2.31. The van der Waals surface area contributed by atoms with Crippen LogP contribution < -0.4 is 5.32 Å². The number of halogens is 1. The van der Waals surface area contributed by atoms with Gasteiger partial charge >= 0.3 is 0 Å². The van der Waals surface area contributed by atoms with Gasteiger partial charge in [-0.05, 0) is 36.4 Å². The molecule has 3 nitrogen and oxygen atoms in total. The fraction of sp³-hybridized carbons (Fsp3) is 0.357. The molecule has 0 aliphatic carbocycles. The zero-order chi connectivity index (χ0) is 13.3. The first kappa shape index (κ1) is 13.2. The molecule has 1 atom stereocenters. The minimum Gasteiger partial charge on any atom is -0.387 e. The molecule has 0 radical (unpaired) electrons. The van der Waals surface area contributed by atoms with Crippen LogP contribution in [-0.2, 0) is 0 Å². The van der Waals surface area contributed by atoms with E-state index in [1.54, 1.807) is 6.20 Å². The molecule has 1 unspecified atom stereocenters. The molecule has 1 aliphatic heterocycles. The first-order valence-corrected chi connectivity index (χ1v) is 8.19. The van der Waals surface area contributed by atoms with Crippen molar-refractivity contribution in [3.63, 3.8) is 0 Å². The van der Waals surface area contributed by atoms with E-state index in [9.17, 15) is 5.11 Å². The molecule has 1 aromatic heterocycles. The zero-order valence-corrected chi connectivity index (χ0v) is 12.8. The number of anilines is 1. The van der Waals surface area contributed by atoms with Gasteiger partial charge in [-0.2, -0.15) is 11.8 Å². The molecule has 19 heavy (non-hydrogen) atoms. The second-order valence-electron chi connectivity index (χ2n) is 4.90. The summed E-state index contributed by atoms with van der Waals surface area (Å²) in [6.45, 7) is 0.592. The highest BCUT2D eigenvalue weighted by atomic mass is 79.9. The predicted molar refractivity (Wildman–Crippen MR) is 84.8 cm³/mol. The highest BCUT2D eigenvalue weighted by Crippen LogP contribution is 2.29. The van der Waals surface area contributed by atoms with Gasteiger partial charge in [0.2, 0.25) is 0 Å². The number of hydrogen-bond acceptors (Lipinski definition) is 4. The van der Waals surface area contributed by atoms with Gasteiger partial charge < -0.3 is 10.4 Å². The van der Waals surface area contributed by atoms with E-state index in [0.29, 0.717) is 6.54 Å². The van der Waals surface area contributed by atoms with Gasteiger partial charge in [-0.1, -0.05) is 15.9 Å². The van der Waals surface area contributed by atoms with E-state index in [2.05, 4.69) is 26.2 Å². The Morgan fingerprint density at radius 1 is 1.42 bits per heavy atom. The molecule has 2 heterocycles. The van der Waals surface area contributed by atoms with E-state index in [1.165, 1.54) is 0 Å². The molecule has 1 saturated heterocycles. The summed E-state index contributed by atoms with van der Waals surface area (Å²) in [6.07, 6.45) is 2.66. The topological polar surface area (TPSA) is 45.1 Å². The van der Waals surface area contributed by atoms with Crippen molar-refractivity contribution in [3.05, 3.63) is 34.9 Å². The standard InChI is InChI=1S/C14H15BrN2OS/c15-10-1-2-11-12(3-5-16-13(11)7-10)17-8-14(18)4-6-19-9-14/h1-3,5,7,18H,4,6,8-9H2,(H,16,17). The third kappa shape index (κ3) is 2.88. The Hall–Kier alpha value is -0.780. The van der Waals surface area contributed by atoms with Crippen molar-refractivity contribution in [1.82, 2.24) is 4.98 Å². The van der Waals surface area contributed by atoms with Crippen molar-refractivity contribution in [3.8, 4) is 0 Å². The van der Waals surface area contributed by atoms with Crippen molar-refractivity contribution >= 4 is 44.3 Å². The molecule has 1 aliphatic rings. The number of benzene rings is 1. The number of rotatable bonds is 3. The molecule has 5 heteroatoms. The second kappa shape index (κ2) is 5.31. The maximum absolute atomic E-state index is 10.4. The summed E-state index contributed by atoms with van der Waals surface area (Å²) < 4.78 is 1.02. The van der Waals surface area contributed by atoms with Crippen LogP contribution in [0.5, 0.6) is 0 Å². The number of nitrogens with one attached hydrogen (secondary N) is 1. The largest absolute Gasteiger partial charge is 0.387 e. The minimum atomic E-state index is -0.574. The molecular formula is C14H15BrN2OS. The molecule has 0 amide bonds. The summed E-state index contributed by atoms with van der Waals surface area (Å²) in [5.41, 5.74) is 1.41. The van der Waals surface area contributed by atoms with Gasteiger partial charge in [-0.15, -0.1) is 0 Å². The van der Waals surface area contributed by atoms with E-state index in [-0.39, 0.29) is 0 Å². The van der Waals surface area contributed by atoms with Gasteiger partial charge in [0.25, 0.3) is 0 Å². The number of pyridine rings is 1. The molecule has 0 saturated carbocycles. The molecule has 2 N–H and O–H groups in total. The van der Waals surface area contributed by atoms with Crippen LogP contribution in [0.1, 0.15) is 6.42 Å². The monoisotopic (exact) mass is 338 g/mol. The Morgan fingerprint density at radius 3 is 3.11 bits per heavy atom. The fourth-order valence-electron chi connectivity index (χ4n) is 2.27. The summed E-state index contributed by atoms with van der Waals surface area (Å²) in [6, 6.07) is 8.01. The summed E-state index contributed by atoms with van der Waals surface area (Å²) in [5.74, 6) is 1.86. The molecule has 2 aromatic rings. The van der Waals surface area contributed by atoms with Crippen LogP contribution in [0, 0.1) is 0 Å². The molecular weight excluding hydrogens is 324 g/mol. The first-order valence-electron chi connectivity index (χ1n) is 6.25. The Kier molecular flexibility index (Phi) is 3.69. The number of aliphatic hydroxyl groups is 1. The average Bonchev–Trinajstić information content (AvgIpc) is 2.83. The lowest BCUT2D eigenvalue weighted by molar-refractivity contribution is 0.0820. The van der Waals surface area contributed by atoms with Gasteiger partial charge in [0.15, 0.2) is 0 Å². The normalized spacial score (nSPS) is 22.8. The second-order valence-corrected chi connectivity index (χ2v) is 6.92. The van der Waals surface area contributed by atoms with Gasteiger partial charge in [0.05, 0.1) is 11.1 Å². The van der Waals surface area contributed by atoms with Crippen LogP contribution in [0.4, 0.5) is 5.69 Å². The van der Waals surface area contributed by atoms with Gasteiger partial charge in [0, 0.05) is 34.0 Å². The molecule has 1 aromatic carbocycles. The van der Waals surface area contributed by atoms with Crippen LogP contribution in [-0.4, -0.2) is 33.7 Å². The number of aromatic nitrogens is 1. The lowest BCUT2D eigenvalue weighted by Crippen LogP contribution is -2.36. The maximum atomic E-state index is 10.4. The van der Waals surface area contributed by atoms with Crippen LogP contribution >= 0.6 is 27.7 Å². The van der Waals surface area contributed by atoms with Crippen molar-refractivity contribution in [2.75, 3.05) is 23.4 Å². The van der Waals surface area contributed by atoms with Gasteiger partial charge in [-0.25, -0.2) is 0 Å². The summed E-state index contributed by atoms with van der Waals surface area (Å²) in [4.78, 5) is 4.36. The van der Waals surface area contributed by atoms with E-state index in [4.69, 9.17) is 0 Å². The minimum absolute atomic E-state index is 0.574. The Balaban J connectivity index is 1.84. The number of hydrogen-bond donors (Lipinski definition) is 2. The summed E-state index contributed by atoms with van der Waals surface area (Å²) >= 11 is 5.27. The van der Waals surface area contributed by atoms with Crippen molar-refractivity contribution in [1.29, 1.82) is 0 Å². The van der Waals surface area contributed by atoms with Crippen LogP contribution in [0.2, 0.25) is 0 Å². The SMILES string of the molecule is OC1(CNc2ccnc3cc(Br)ccc23)CCSC1. The maximum Gasteiger partial charge on any atom is 0.0916 e. The molecule has 3 rings (SSSR count). The molecule has 0 spiro atoms. The number of nitrogens with zero attached hydrogens (tertiary/aromatic N) is 1. The van der Waals surface area contributed by atoms with E-state index < -0.39 is 5.60 Å². The Labute approximate surface area is 124 Å². The first-order chi connectivity index (χ1) is 9.16. The molecule has 0 bridgehead atoms. The van der Waals surface area contributed by atoms with E-state index in [1.807, 2.05) is 36.0 Å². The smallest absolute Gasteiger partial charge is 0.0916 e. The number of fused-ring (bicyclic) bond motifs is 1. The third-order valence-corrected chi connectivity index (χ3v) is 5.12. The Bertz CT molecular complexity index is 599. The molecule has 1 fully saturated rings. The van der Waals surface area contributed by atoms with Crippen LogP contribution in [0.25, 0.3) is 10.9 Å². The van der Waals surface area contributed by atoms with Crippen LogP contribution in [0.3, 0.4) is 0 Å². The van der Waals surface area contributed by atoms with Crippen molar-refractivity contribution in [2.24, 2.45) is 0 Å². The Morgan fingerprint density at radius 2 is 2.32 bits per heavy atom. The average molecular weight is 339 g/mol. The van der Waals surface area contributed by atoms with Crippen LogP contribution in [0.15, 0.2) is 34.9 Å². The summed E-state index contributed by atoms with van der Waals surface area (Å²) in [7, 11) is 0. The van der Waals surface area contributed by atoms with Crippen molar-refractivity contribution < 1.29 is 5.11 Å². The van der Waals surface area contributed by atoms with Gasteiger partial charge in [0.1, 0.15) is 0 Å².